The van der Waals surface area contributed by atoms with Gasteiger partial charge in [0.05, 0.1) is 18.6 Å². The van der Waals surface area contributed by atoms with Gasteiger partial charge in [-0.3, -0.25) is 19.4 Å². The van der Waals surface area contributed by atoms with Crippen LogP contribution in [-0.4, -0.2) is 47.1 Å². The number of hydrogen-bond donors (Lipinski definition) is 3. The number of nitrogens with zero attached hydrogens (tertiary/aromatic N) is 1. The summed E-state index contributed by atoms with van der Waals surface area (Å²) in [6.07, 6.45) is 2.50. The maximum absolute atomic E-state index is 12.7. The van der Waals surface area contributed by atoms with Crippen LogP contribution in [0.25, 0.3) is 10.2 Å². The molecular formula is C25H30N4O6S. The Morgan fingerprint density at radius 3 is 2.53 bits per heavy atom. The van der Waals surface area contributed by atoms with E-state index in [0.29, 0.717) is 15.8 Å². The van der Waals surface area contributed by atoms with Crippen LogP contribution in [0, 0.1) is 0 Å². The SMILES string of the molecule is CCOC(=O)CC[C@H](NC(=O)c1ccc(CCCc2cc3c(=O)[nH]c(N)nc3s2)cc1)C(=O)OCC. The van der Waals surface area contributed by atoms with Crippen LogP contribution in [0.2, 0.25) is 0 Å². The number of ether oxygens (including phenoxy) is 2. The van der Waals surface area contributed by atoms with Crippen molar-refractivity contribution in [1.29, 1.82) is 0 Å². The highest BCUT2D eigenvalue weighted by atomic mass is 32.1. The van der Waals surface area contributed by atoms with Crippen molar-refractivity contribution in [3.63, 3.8) is 0 Å². The molecule has 0 radical (unpaired) electrons. The number of aryl methyl sites for hydroxylation is 2. The number of amides is 1. The summed E-state index contributed by atoms with van der Waals surface area (Å²) in [4.78, 5) is 56.9. The third kappa shape index (κ3) is 7.38. The lowest BCUT2D eigenvalue weighted by molar-refractivity contribution is -0.146. The van der Waals surface area contributed by atoms with Gasteiger partial charge in [0, 0.05) is 16.9 Å². The van der Waals surface area contributed by atoms with Gasteiger partial charge in [0.2, 0.25) is 5.95 Å². The van der Waals surface area contributed by atoms with Crippen LogP contribution >= 0.6 is 11.3 Å². The average Bonchev–Trinajstić information content (AvgIpc) is 3.25. The fraction of sp³-hybridized carbons (Fsp3) is 0.400. The van der Waals surface area contributed by atoms with Crippen molar-refractivity contribution in [2.45, 2.75) is 52.0 Å². The number of esters is 2. The molecule has 0 aliphatic rings. The molecule has 3 aromatic rings. The number of carbonyl (C=O) groups is 3. The number of aromatic amines is 1. The number of thiophene rings is 1. The smallest absolute Gasteiger partial charge is 0.328 e. The molecule has 0 saturated heterocycles. The minimum atomic E-state index is -0.945. The van der Waals surface area contributed by atoms with Gasteiger partial charge in [-0.2, -0.15) is 0 Å². The number of hydrogen-bond acceptors (Lipinski definition) is 9. The van der Waals surface area contributed by atoms with Gasteiger partial charge >= 0.3 is 11.9 Å². The van der Waals surface area contributed by atoms with Crippen LogP contribution in [-0.2, 0) is 31.9 Å². The van der Waals surface area contributed by atoms with E-state index in [2.05, 4.69) is 15.3 Å². The number of nitrogens with one attached hydrogen (secondary N) is 2. The first kappa shape index (κ1) is 26.9. The minimum Gasteiger partial charge on any atom is -0.466 e. The van der Waals surface area contributed by atoms with Gasteiger partial charge < -0.3 is 20.5 Å². The maximum atomic E-state index is 12.7. The maximum Gasteiger partial charge on any atom is 0.328 e. The molecule has 1 atom stereocenters. The highest BCUT2D eigenvalue weighted by molar-refractivity contribution is 7.18. The molecule has 1 aromatic carbocycles. The highest BCUT2D eigenvalue weighted by Crippen LogP contribution is 2.23. The second kappa shape index (κ2) is 12.8. The van der Waals surface area contributed by atoms with Gasteiger partial charge in [-0.25, -0.2) is 9.78 Å². The molecule has 1 amide bonds. The minimum absolute atomic E-state index is 0.00578. The Morgan fingerprint density at radius 2 is 1.83 bits per heavy atom. The number of H-pyrrole nitrogens is 1. The van der Waals surface area contributed by atoms with Gasteiger partial charge in [0.1, 0.15) is 10.9 Å². The summed E-state index contributed by atoms with van der Waals surface area (Å²) in [5.74, 6) is -1.34. The second-order valence-corrected chi connectivity index (χ2v) is 9.17. The normalized spacial score (nSPS) is 11.7. The number of nitrogens with two attached hydrogens (primary N) is 1. The molecule has 36 heavy (non-hydrogen) atoms. The van der Waals surface area contributed by atoms with Crippen molar-refractivity contribution in [3.8, 4) is 0 Å². The molecule has 0 saturated carbocycles. The molecule has 11 heteroatoms. The molecule has 192 valence electrons. The lowest BCUT2D eigenvalue weighted by Gasteiger charge is -2.17. The molecule has 0 aliphatic carbocycles. The molecule has 0 spiro atoms. The molecule has 0 bridgehead atoms. The van der Waals surface area contributed by atoms with E-state index < -0.39 is 23.9 Å². The van der Waals surface area contributed by atoms with E-state index in [1.807, 2.05) is 18.2 Å². The molecular weight excluding hydrogens is 484 g/mol. The molecule has 0 unspecified atom stereocenters. The molecule has 2 heterocycles. The predicted octanol–water partition coefficient (Wildman–Crippen LogP) is 2.75. The number of rotatable bonds is 12. The number of nitrogen functional groups attached to an aromatic ring is 1. The number of aromatic nitrogens is 2. The van der Waals surface area contributed by atoms with Crippen LogP contribution in [0.5, 0.6) is 0 Å². The largest absolute Gasteiger partial charge is 0.466 e. The van der Waals surface area contributed by atoms with E-state index in [0.717, 1.165) is 29.7 Å². The van der Waals surface area contributed by atoms with Crippen molar-refractivity contribution in [2.75, 3.05) is 18.9 Å². The Labute approximate surface area is 212 Å². The van der Waals surface area contributed by atoms with Gasteiger partial charge in [-0.1, -0.05) is 12.1 Å². The Balaban J connectivity index is 1.55. The van der Waals surface area contributed by atoms with E-state index in [9.17, 15) is 19.2 Å². The predicted molar refractivity (Wildman–Crippen MR) is 137 cm³/mol. The van der Waals surface area contributed by atoms with Crippen molar-refractivity contribution < 1.29 is 23.9 Å². The molecule has 0 aliphatic heterocycles. The third-order valence-corrected chi connectivity index (χ3v) is 6.48. The first-order chi connectivity index (χ1) is 17.3. The summed E-state index contributed by atoms with van der Waals surface area (Å²) in [7, 11) is 0. The van der Waals surface area contributed by atoms with Crippen LogP contribution < -0.4 is 16.6 Å². The van der Waals surface area contributed by atoms with Crippen LogP contribution in [0.1, 0.15) is 53.9 Å². The number of carbonyl (C=O) groups excluding carboxylic acids is 3. The van der Waals surface area contributed by atoms with Crippen LogP contribution in [0.15, 0.2) is 35.1 Å². The van der Waals surface area contributed by atoms with Gasteiger partial charge in [0.15, 0.2) is 0 Å². The third-order valence-electron chi connectivity index (χ3n) is 5.40. The first-order valence-corrected chi connectivity index (χ1v) is 12.6. The Morgan fingerprint density at radius 1 is 1.11 bits per heavy atom. The monoisotopic (exact) mass is 514 g/mol. The van der Waals surface area contributed by atoms with Crippen LogP contribution in [0.3, 0.4) is 0 Å². The van der Waals surface area contributed by atoms with Crippen molar-refractivity contribution in [1.82, 2.24) is 15.3 Å². The molecule has 4 N–H and O–H groups in total. The average molecular weight is 515 g/mol. The summed E-state index contributed by atoms with van der Waals surface area (Å²) >= 11 is 1.46. The quantitative estimate of drug-likeness (QED) is 0.312. The Kier molecular flexibility index (Phi) is 9.57. The zero-order valence-electron chi connectivity index (χ0n) is 20.3. The molecule has 10 nitrogen and oxygen atoms in total. The van der Waals surface area contributed by atoms with Crippen LogP contribution in [0.4, 0.5) is 5.95 Å². The summed E-state index contributed by atoms with van der Waals surface area (Å²) in [5, 5.41) is 3.20. The zero-order chi connectivity index (χ0) is 26.1. The van der Waals surface area contributed by atoms with Gasteiger partial charge in [-0.15, -0.1) is 11.3 Å². The lowest BCUT2D eigenvalue weighted by atomic mass is 10.0. The van der Waals surface area contributed by atoms with Gasteiger partial charge in [-0.05, 0) is 63.3 Å². The summed E-state index contributed by atoms with van der Waals surface area (Å²) in [6, 6.07) is 8.03. The topological polar surface area (TPSA) is 153 Å². The summed E-state index contributed by atoms with van der Waals surface area (Å²) in [6.45, 7) is 3.79. The number of anilines is 1. The van der Waals surface area contributed by atoms with Crippen molar-refractivity contribution in [3.05, 3.63) is 56.7 Å². The molecule has 0 fully saturated rings. The number of fused-ring (bicyclic) bond motifs is 1. The summed E-state index contributed by atoms with van der Waals surface area (Å²) < 4.78 is 9.92. The lowest BCUT2D eigenvalue weighted by Crippen LogP contribution is -2.42. The van der Waals surface area contributed by atoms with E-state index in [1.165, 1.54) is 11.3 Å². The standard InChI is InChI=1S/C25H30N4O6S/c1-3-34-20(30)13-12-19(24(33)35-4-2)27-21(31)16-10-8-15(9-11-16)6-5-7-17-14-18-22(32)28-25(26)29-23(18)36-17/h8-11,14,19H,3-7,12-13H2,1-2H3,(H,27,31)(H3,26,28,29,32)/t19-/m0/s1. The van der Waals surface area contributed by atoms with Gasteiger partial charge in [0.25, 0.3) is 11.5 Å². The summed E-state index contributed by atoms with van der Waals surface area (Å²) in [5.41, 5.74) is 6.82. The Hall–Kier alpha value is -3.73. The highest BCUT2D eigenvalue weighted by Gasteiger charge is 2.24. The fourth-order valence-corrected chi connectivity index (χ4v) is 4.72. The number of benzene rings is 1. The second-order valence-electron chi connectivity index (χ2n) is 8.05. The molecule has 3 rings (SSSR count). The molecule has 2 aromatic heterocycles. The Bertz CT molecular complexity index is 1270. The van der Waals surface area contributed by atoms with E-state index in [-0.39, 0.29) is 37.6 Å². The van der Waals surface area contributed by atoms with E-state index >= 15 is 0 Å². The first-order valence-electron chi connectivity index (χ1n) is 11.8. The zero-order valence-corrected chi connectivity index (χ0v) is 21.1. The van der Waals surface area contributed by atoms with Crippen molar-refractivity contribution in [2.24, 2.45) is 0 Å². The van der Waals surface area contributed by atoms with E-state index in [1.54, 1.807) is 26.0 Å². The fourth-order valence-electron chi connectivity index (χ4n) is 3.64. The van der Waals surface area contributed by atoms with Crippen molar-refractivity contribution >= 4 is 45.3 Å². The van der Waals surface area contributed by atoms with E-state index in [4.69, 9.17) is 15.2 Å².